The van der Waals surface area contributed by atoms with Gasteiger partial charge in [-0.2, -0.15) is 0 Å². The van der Waals surface area contributed by atoms with Gasteiger partial charge in [0.05, 0.1) is 5.75 Å². The fourth-order valence-electron chi connectivity index (χ4n) is 3.64. The Bertz CT molecular complexity index is 1150. The molecule has 2 heterocycles. The van der Waals surface area contributed by atoms with Gasteiger partial charge in [0, 0.05) is 46.9 Å². The molecule has 3 amide bonds. The lowest BCUT2D eigenvalue weighted by Crippen LogP contribution is -2.33. The molecule has 0 radical (unpaired) electrons. The van der Waals surface area contributed by atoms with Crippen LogP contribution in [-0.4, -0.2) is 37.3 Å². The number of imide groups is 1. The summed E-state index contributed by atoms with van der Waals surface area (Å²) in [5, 5.41) is 5.10. The van der Waals surface area contributed by atoms with Gasteiger partial charge in [0.1, 0.15) is 4.32 Å². The van der Waals surface area contributed by atoms with Crippen molar-refractivity contribution in [3.8, 4) is 0 Å². The minimum absolute atomic E-state index is 0.0324. The molecule has 2 aromatic carbocycles. The maximum atomic E-state index is 12.4. The lowest BCUT2D eigenvalue weighted by atomic mass is 10.1. The van der Waals surface area contributed by atoms with Crippen molar-refractivity contribution in [2.45, 2.75) is 26.3 Å². The normalized spacial score (nSPS) is 14.2. The smallest absolute Gasteiger partial charge is 0.235 e. The zero-order chi connectivity index (χ0) is 20.5. The Morgan fingerprint density at radius 3 is 2.48 bits per heavy atom. The number of thioether (sulfide) groups is 1. The summed E-state index contributed by atoms with van der Waals surface area (Å²) in [6.45, 7) is 2.97. The zero-order valence-corrected chi connectivity index (χ0v) is 17.4. The molecule has 1 saturated heterocycles. The minimum atomic E-state index is -0.300. The number of nitrogens with zero attached hydrogens (tertiary/aromatic N) is 2. The number of amides is 3. The number of hydrogen-bond acceptors (Lipinski definition) is 5. The number of anilines is 1. The van der Waals surface area contributed by atoms with Gasteiger partial charge < -0.3 is 9.88 Å². The van der Waals surface area contributed by atoms with Gasteiger partial charge in [-0.25, -0.2) is 4.90 Å². The first-order valence-corrected chi connectivity index (χ1v) is 10.7. The average molecular weight is 426 g/mol. The highest BCUT2D eigenvalue weighted by Gasteiger charge is 2.32. The van der Waals surface area contributed by atoms with Crippen LogP contribution < -0.4 is 5.32 Å². The van der Waals surface area contributed by atoms with Crippen LogP contribution in [0.2, 0.25) is 0 Å². The number of aromatic nitrogens is 1. The van der Waals surface area contributed by atoms with E-state index in [1.807, 2.05) is 30.3 Å². The van der Waals surface area contributed by atoms with Crippen molar-refractivity contribution in [1.29, 1.82) is 0 Å². The summed E-state index contributed by atoms with van der Waals surface area (Å²) in [5.74, 6) is -0.809. The van der Waals surface area contributed by atoms with Gasteiger partial charge in [0.15, 0.2) is 0 Å². The lowest BCUT2D eigenvalue weighted by Gasteiger charge is -2.14. The van der Waals surface area contributed by atoms with E-state index in [-0.39, 0.29) is 40.6 Å². The maximum Gasteiger partial charge on any atom is 0.235 e. The third-order valence-corrected chi connectivity index (χ3v) is 6.31. The van der Waals surface area contributed by atoms with Crippen molar-refractivity contribution in [2.24, 2.45) is 0 Å². The fourth-order valence-corrected chi connectivity index (χ4v) is 4.68. The predicted molar refractivity (Wildman–Crippen MR) is 120 cm³/mol. The zero-order valence-electron chi connectivity index (χ0n) is 15.8. The highest BCUT2D eigenvalue weighted by Crippen LogP contribution is 2.31. The molecule has 0 aliphatic carbocycles. The molecule has 4 rings (SSSR count). The highest BCUT2D eigenvalue weighted by molar-refractivity contribution is 8.23. The van der Waals surface area contributed by atoms with Crippen LogP contribution >= 0.6 is 24.0 Å². The molecule has 0 saturated carbocycles. The quantitative estimate of drug-likeness (QED) is 0.507. The van der Waals surface area contributed by atoms with Crippen molar-refractivity contribution in [3.05, 3.63) is 42.5 Å². The van der Waals surface area contributed by atoms with Crippen LogP contribution in [0.25, 0.3) is 21.8 Å². The minimum Gasteiger partial charge on any atom is -0.341 e. The Morgan fingerprint density at radius 1 is 1.07 bits per heavy atom. The van der Waals surface area contributed by atoms with Crippen LogP contribution in [0, 0.1) is 0 Å². The average Bonchev–Trinajstić information content (AvgIpc) is 3.22. The Balaban J connectivity index is 1.48. The summed E-state index contributed by atoms with van der Waals surface area (Å²) in [7, 11) is 0. The van der Waals surface area contributed by atoms with Gasteiger partial charge in [-0.1, -0.05) is 42.2 Å². The summed E-state index contributed by atoms with van der Waals surface area (Å²) >= 11 is 6.17. The first-order chi connectivity index (χ1) is 14.0. The molecular formula is C21H19N3O3S2. The molecule has 1 aromatic heterocycles. The number of fused-ring (bicyclic) bond motifs is 3. The second-order valence-corrected chi connectivity index (χ2v) is 8.33. The Labute approximate surface area is 177 Å². The first-order valence-electron chi connectivity index (χ1n) is 9.33. The Hall–Kier alpha value is -2.71. The van der Waals surface area contributed by atoms with E-state index in [9.17, 15) is 14.4 Å². The van der Waals surface area contributed by atoms with Crippen LogP contribution in [0.5, 0.6) is 0 Å². The highest BCUT2D eigenvalue weighted by atomic mass is 32.2. The molecule has 0 atom stereocenters. The number of carbonyl (C=O) groups is 3. The number of thiocarbonyl (C=S) groups is 1. The van der Waals surface area contributed by atoms with E-state index in [1.54, 1.807) is 0 Å². The molecule has 1 aliphatic heterocycles. The second kappa shape index (κ2) is 7.96. The van der Waals surface area contributed by atoms with E-state index in [1.165, 1.54) is 0 Å². The summed E-state index contributed by atoms with van der Waals surface area (Å²) < 4.78 is 2.38. The lowest BCUT2D eigenvalue weighted by molar-refractivity contribution is -0.133. The number of aryl methyl sites for hydroxylation is 1. The van der Waals surface area contributed by atoms with Crippen molar-refractivity contribution in [1.82, 2.24) is 9.47 Å². The largest absolute Gasteiger partial charge is 0.341 e. The van der Waals surface area contributed by atoms with Gasteiger partial charge in [0.25, 0.3) is 0 Å². The number of likely N-dealkylation sites (tertiary alicyclic amines) is 1. The van der Waals surface area contributed by atoms with Crippen molar-refractivity contribution >= 4 is 73.5 Å². The first kappa shape index (κ1) is 19.6. The maximum absolute atomic E-state index is 12.4. The van der Waals surface area contributed by atoms with Crippen molar-refractivity contribution < 1.29 is 14.4 Å². The van der Waals surface area contributed by atoms with Gasteiger partial charge in [-0.3, -0.25) is 14.4 Å². The topological polar surface area (TPSA) is 71.4 Å². The fraction of sp³-hybridized carbons (Fsp3) is 0.238. The van der Waals surface area contributed by atoms with Gasteiger partial charge in [0.2, 0.25) is 17.7 Å². The van der Waals surface area contributed by atoms with Gasteiger partial charge >= 0.3 is 0 Å². The van der Waals surface area contributed by atoms with E-state index < -0.39 is 0 Å². The molecule has 8 heteroatoms. The van der Waals surface area contributed by atoms with Crippen LogP contribution in [0.3, 0.4) is 0 Å². The van der Waals surface area contributed by atoms with E-state index in [2.05, 4.69) is 28.9 Å². The van der Waals surface area contributed by atoms with Crippen molar-refractivity contribution in [2.75, 3.05) is 11.1 Å². The molecule has 29 heavy (non-hydrogen) atoms. The molecule has 0 unspecified atom stereocenters. The molecular weight excluding hydrogens is 406 g/mol. The van der Waals surface area contributed by atoms with Crippen LogP contribution in [0.15, 0.2) is 42.5 Å². The number of benzene rings is 2. The molecule has 1 aliphatic rings. The van der Waals surface area contributed by atoms with Crippen LogP contribution in [0.1, 0.15) is 19.8 Å². The SMILES string of the molecule is CCn1c2ccccc2c2cc(NC(=O)CSC(=S)N3C(=O)CCC3=O)ccc21. The van der Waals surface area contributed by atoms with Crippen LogP contribution in [-0.2, 0) is 20.9 Å². The molecule has 148 valence electrons. The number of rotatable bonds is 4. The molecule has 3 aromatic rings. The summed E-state index contributed by atoms with van der Waals surface area (Å²) in [6.07, 6.45) is 0.355. The number of carbonyl (C=O) groups excluding carboxylic acids is 3. The Morgan fingerprint density at radius 2 is 1.76 bits per heavy atom. The van der Waals surface area contributed by atoms with Gasteiger partial charge in [-0.05, 0) is 31.2 Å². The van der Waals surface area contributed by atoms with Gasteiger partial charge in [-0.15, -0.1) is 0 Å². The monoisotopic (exact) mass is 425 g/mol. The number of nitrogens with one attached hydrogen (secondary N) is 1. The van der Waals surface area contributed by atoms with Crippen LogP contribution in [0.4, 0.5) is 5.69 Å². The third-order valence-electron chi connectivity index (χ3n) is 4.93. The predicted octanol–water partition coefficient (Wildman–Crippen LogP) is 3.92. The number of hydrogen-bond donors (Lipinski definition) is 1. The molecule has 1 N–H and O–H groups in total. The van der Waals surface area contributed by atoms with E-state index in [0.717, 1.165) is 45.0 Å². The second-order valence-electron chi connectivity index (χ2n) is 6.72. The van der Waals surface area contributed by atoms with Crippen molar-refractivity contribution in [3.63, 3.8) is 0 Å². The third kappa shape index (κ3) is 3.65. The number of para-hydroxylation sites is 1. The Kier molecular flexibility index (Phi) is 5.38. The van der Waals surface area contributed by atoms with E-state index >= 15 is 0 Å². The molecule has 0 bridgehead atoms. The molecule has 6 nitrogen and oxygen atoms in total. The van der Waals surface area contributed by atoms with E-state index in [0.29, 0.717) is 5.69 Å². The summed E-state index contributed by atoms with van der Waals surface area (Å²) in [6, 6.07) is 14.1. The molecule has 1 fully saturated rings. The summed E-state index contributed by atoms with van der Waals surface area (Å²) in [4.78, 5) is 36.8. The molecule has 0 spiro atoms. The standard InChI is InChI=1S/C21H19N3O3S2/c1-2-23-16-6-4-3-5-14(16)15-11-13(7-8-17(15)23)22-18(25)12-29-21(28)24-19(26)9-10-20(24)27/h3-8,11H,2,9-10,12H2,1H3,(H,22,25). The summed E-state index contributed by atoms with van der Waals surface area (Å²) in [5.41, 5.74) is 2.98. The van der Waals surface area contributed by atoms with E-state index in [4.69, 9.17) is 12.2 Å².